The lowest BCUT2D eigenvalue weighted by Gasteiger charge is -2.36. The lowest BCUT2D eigenvalue weighted by atomic mass is 10.0. The topological polar surface area (TPSA) is 143 Å². The summed E-state index contributed by atoms with van der Waals surface area (Å²) >= 11 is 3.19. The van der Waals surface area contributed by atoms with E-state index in [-0.39, 0.29) is 37.0 Å². The molecule has 4 rings (SSSR count). The zero-order valence-electron chi connectivity index (χ0n) is 23.0. The van der Waals surface area contributed by atoms with Gasteiger partial charge >= 0.3 is 0 Å². The Labute approximate surface area is 247 Å². The Kier molecular flexibility index (Phi) is 12.1. The van der Waals surface area contributed by atoms with Crippen molar-refractivity contribution in [3.63, 3.8) is 0 Å². The largest absolute Gasteiger partial charge is 0.392 e. The van der Waals surface area contributed by atoms with Gasteiger partial charge in [0.05, 0.1) is 18.8 Å². The predicted molar refractivity (Wildman–Crippen MR) is 156 cm³/mol. The van der Waals surface area contributed by atoms with E-state index in [1.165, 1.54) is 0 Å². The fourth-order valence-electron chi connectivity index (χ4n) is 4.45. The van der Waals surface area contributed by atoms with Gasteiger partial charge in [0, 0.05) is 36.3 Å². The zero-order chi connectivity index (χ0) is 29.0. The van der Waals surface area contributed by atoms with Crippen LogP contribution in [0.5, 0.6) is 0 Å². The highest BCUT2D eigenvalue weighted by Crippen LogP contribution is 2.39. The third-order valence-corrected chi connectivity index (χ3v) is 8.77. The van der Waals surface area contributed by atoms with Crippen LogP contribution in [0.25, 0.3) is 0 Å². The standard InChI is InChI=1S/C29H36N4O6S2/c1-19-31-32-29(41-19)40-18-24-16-25(21-10-8-20(17-34)9-11-21)39-28(38-24)22-12-14-23(15-13-22)30-26(35)6-4-2-3-5-7-27(36)33-37/h8-15,24-25,28,34,37H,2-7,16-18H2,1H3,(H,30,35)(H,33,36). The van der Waals surface area contributed by atoms with Crippen LogP contribution in [0, 0.1) is 6.92 Å². The number of rotatable bonds is 14. The summed E-state index contributed by atoms with van der Waals surface area (Å²) < 4.78 is 13.7. The van der Waals surface area contributed by atoms with E-state index in [1.54, 1.807) is 28.6 Å². The molecule has 0 radical (unpaired) electrons. The Bertz CT molecular complexity index is 1250. The number of carbonyl (C=O) groups is 2. The van der Waals surface area contributed by atoms with Crippen molar-refractivity contribution < 1.29 is 29.4 Å². The van der Waals surface area contributed by atoms with Gasteiger partial charge in [-0.1, -0.05) is 72.3 Å². The van der Waals surface area contributed by atoms with Crippen LogP contribution in [-0.2, 0) is 25.7 Å². The van der Waals surface area contributed by atoms with E-state index < -0.39 is 6.29 Å². The molecule has 12 heteroatoms. The molecule has 0 aliphatic carbocycles. The second-order valence-electron chi connectivity index (χ2n) is 9.87. The van der Waals surface area contributed by atoms with Crippen LogP contribution in [-0.4, -0.2) is 44.2 Å². The van der Waals surface area contributed by atoms with Gasteiger partial charge < -0.3 is 19.9 Å². The van der Waals surface area contributed by atoms with Crippen LogP contribution in [0.15, 0.2) is 52.9 Å². The third kappa shape index (κ3) is 9.87. The molecule has 0 spiro atoms. The molecule has 1 fully saturated rings. The third-order valence-electron chi connectivity index (χ3n) is 6.66. The number of aromatic nitrogens is 2. The van der Waals surface area contributed by atoms with Crippen molar-refractivity contribution in [1.82, 2.24) is 15.7 Å². The van der Waals surface area contributed by atoms with Gasteiger partial charge in [-0.25, -0.2) is 5.48 Å². The highest BCUT2D eigenvalue weighted by molar-refractivity contribution is 8.01. The Morgan fingerprint density at radius 1 is 0.951 bits per heavy atom. The van der Waals surface area contributed by atoms with Crippen LogP contribution in [0.3, 0.4) is 0 Å². The number of hydrogen-bond donors (Lipinski definition) is 4. The van der Waals surface area contributed by atoms with Gasteiger partial charge in [-0.2, -0.15) is 0 Å². The normalized spacial score (nSPS) is 18.7. The van der Waals surface area contributed by atoms with E-state index in [9.17, 15) is 14.7 Å². The van der Waals surface area contributed by atoms with Crippen LogP contribution in [0.4, 0.5) is 5.69 Å². The molecule has 1 saturated heterocycles. The summed E-state index contributed by atoms with van der Waals surface area (Å²) in [4.78, 5) is 23.4. The SMILES string of the molecule is Cc1nnc(SCC2CC(c3ccc(CO)cc3)OC(c3ccc(NC(=O)CCCCCCC(=O)NO)cc3)O2)s1. The van der Waals surface area contributed by atoms with Gasteiger partial charge in [-0.3, -0.25) is 14.8 Å². The monoisotopic (exact) mass is 600 g/mol. The van der Waals surface area contributed by atoms with Gasteiger partial charge in [0.1, 0.15) is 5.01 Å². The van der Waals surface area contributed by atoms with E-state index in [4.69, 9.17) is 14.7 Å². The number of anilines is 1. The number of nitrogens with one attached hydrogen (secondary N) is 2. The fourth-order valence-corrected chi connectivity index (χ4v) is 6.31. The molecule has 1 aliphatic rings. The highest BCUT2D eigenvalue weighted by Gasteiger charge is 2.32. The van der Waals surface area contributed by atoms with E-state index in [1.807, 2.05) is 55.5 Å². The number of aliphatic hydroxyl groups is 1. The first-order chi connectivity index (χ1) is 19.9. The minimum absolute atomic E-state index is 0.00748. The molecule has 3 atom stereocenters. The van der Waals surface area contributed by atoms with Crippen LogP contribution >= 0.6 is 23.1 Å². The lowest BCUT2D eigenvalue weighted by Crippen LogP contribution is -2.31. The van der Waals surface area contributed by atoms with Crippen LogP contribution < -0.4 is 10.8 Å². The molecule has 1 aliphatic heterocycles. The molecule has 0 bridgehead atoms. The Balaban J connectivity index is 1.33. The van der Waals surface area contributed by atoms with Gasteiger partial charge in [-0.05, 0) is 43.0 Å². The Morgan fingerprint density at radius 3 is 2.27 bits per heavy atom. The molecular weight excluding hydrogens is 564 g/mol. The van der Waals surface area contributed by atoms with Gasteiger partial charge in [0.2, 0.25) is 11.8 Å². The molecule has 1 aromatic heterocycles. The number of benzene rings is 2. The predicted octanol–water partition coefficient (Wildman–Crippen LogP) is 5.46. The molecule has 4 N–H and O–H groups in total. The number of aliphatic hydroxyl groups excluding tert-OH is 1. The molecule has 220 valence electrons. The maximum atomic E-state index is 12.4. The van der Waals surface area contributed by atoms with Crippen molar-refractivity contribution in [3.05, 3.63) is 70.2 Å². The molecule has 3 aromatic rings. The second-order valence-corrected chi connectivity index (χ2v) is 12.3. The summed E-state index contributed by atoms with van der Waals surface area (Å²) in [6.45, 7) is 1.93. The van der Waals surface area contributed by atoms with Crippen LogP contribution in [0.2, 0.25) is 0 Å². The average Bonchev–Trinajstić information content (AvgIpc) is 3.42. The number of thioether (sulfide) groups is 1. The number of ether oxygens (including phenoxy) is 2. The summed E-state index contributed by atoms with van der Waals surface area (Å²) in [6, 6.07) is 15.3. The smallest absolute Gasteiger partial charge is 0.243 e. The molecule has 2 aromatic carbocycles. The number of unbranched alkanes of at least 4 members (excludes halogenated alkanes) is 3. The van der Waals surface area contributed by atoms with Crippen molar-refractivity contribution in [1.29, 1.82) is 0 Å². The van der Waals surface area contributed by atoms with E-state index in [0.29, 0.717) is 30.7 Å². The minimum Gasteiger partial charge on any atom is -0.392 e. The van der Waals surface area contributed by atoms with Crippen molar-refractivity contribution in [3.8, 4) is 0 Å². The molecular formula is C29H36N4O6S2. The molecule has 2 heterocycles. The van der Waals surface area contributed by atoms with Gasteiger partial charge in [0.25, 0.3) is 0 Å². The van der Waals surface area contributed by atoms with Crippen LogP contribution in [0.1, 0.15) is 79.0 Å². The first-order valence-electron chi connectivity index (χ1n) is 13.7. The molecule has 41 heavy (non-hydrogen) atoms. The number of aryl methyl sites for hydroxylation is 1. The van der Waals surface area contributed by atoms with Gasteiger partial charge in [-0.15, -0.1) is 10.2 Å². The van der Waals surface area contributed by atoms with Gasteiger partial charge in [0.15, 0.2) is 10.6 Å². The summed E-state index contributed by atoms with van der Waals surface area (Å²) in [5.74, 6) is 0.259. The first kappa shape index (κ1) is 31.1. The summed E-state index contributed by atoms with van der Waals surface area (Å²) in [5.41, 5.74) is 5.05. The maximum Gasteiger partial charge on any atom is 0.243 e. The fraction of sp³-hybridized carbons (Fsp3) is 0.448. The maximum absolute atomic E-state index is 12.4. The Morgan fingerprint density at radius 2 is 1.63 bits per heavy atom. The van der Waals surface area contributed by atoms with Crippen molar-refractivity contribution in [2.45, 2.75) is 81.3 Å². The number of hydrogen-bond acceptors (Lipinski definition) is 10. The summed E-state index contributed by atoms with van der Waals surface area (Å²) in [7, 11) is 0. The van der Waals surface area contributed by atoms with E-state index in [0.717, 1.165) is 45.3 Å². The average molecular weight is 601 g/mol. The molecule has 2 amide bonds. The molecule has 0 saturated carbocycles. The highest BCUT2D eigenvalue weighted by atomic mass is 32.2. The number of hydroxylamine groups is 1. The van der Waals surface area contributed by atoms with Crippen molar-refractivity contribution >= 4 is 40.6 Å². The molecule has 3 unspecified atom stereocenters. The number of nitrogens with zero attached hydrogens (tertiary/aromatic N) is 2. The summed E-state index contributed by atoms with van der Waals surface area (Å²) in [5, 5.41) is 30.1. The van der Waals surface area contributed by atoms with E-state index >= 15 is 0 Å². The minimum atomic E-state index is -0.578. The van der Waals surface area contributed by atoms with E-state index in [2.05, 4.69) is 15.5 Å². The lowest BCUT2D eigenvalue weighted by molar-refractivity contribution is -0.245. The second kappa shape index (κ2) is 15.9. The summed E-state index contributed by atoms with van der Waals surface area (Å²) in [6.07, 6.45) is 3.59. The number of carbonyl (C=O) groups excluding carboxylic acids is 2. The van der Waals surface area contributed by atoms with Crippen molar-refractivity contribution in [2.75, 3.05) is 11.1 Å². The number of amides is 2. The van der Waals surface area contributed by atoms with Crippen molar-refractivity contribution in [2.24, 2.45) is 0 Å². The first-order valence-corrected chi connectivity index (χ1v) is 15.5. The Hall–Kier alpha value is -2.87. The quantitative estimate of drug-likeness (QED) is 0.0821. The molecule has 10 nitrogen and oxygen atoms in total. The zero-order valence-corrected chi connectivity index (χ0v) is 24.6.